The number of carbonyl (C=O) groups is 1. The van der Waals surface area contributed by atoms with Crippen molar-refractivity contribution in [3.63, 3.8) is 0 Å². The number of halogens is 2. The summed E-state index contributed by atoms with van der Waals surface area (Å²) in [5, 5.41) is 2.64. The summed E-state index contributed by atoms with van der Waals surface area (Å²) in [6.45, 7) is -2.91. The van der Waals surface area contributed by atoms with Crippen LogP contribution in [0.15, 0.2) is 54.6 Å². The summed E-state index contributed by atoms with van der Waals surface area (Å²) in [6, 6.07) is 14.8. The first kappa shape index (κ1) is 17.1. The molecular formula is C16H15F2NO3S. The Morgan fingerprint density at radius 3 is 2.57 bits per heavy atom. The lowest BCUT2D eigenvalue weighted by atomic mass is 10.2. The Labute approximate surface area is 134 Å². The first-order valence-corrected chi connectivity index (χ1v) is 8.25. The zero-order chi connectivity index (χ0) is 16.7. The van der Waals surface area contributed by atoms with E-state index in [0.29, 0.717) is 11.3 Å². The van der Waals surface area contributed by atoms with Crippen LogP contribution in [-0.2, 0) is 21.3 Å². The molecule has 0 aromatic heterocycles. The predicted octanol–water partition coefficient (Wildman–Crippen LogP) is 3.18. The second-order valence-electron chi connectivity index (χ2n) is 4.67. The number of hydrogen-bond donors (Lipinski definition) is 1. The molecule has 0 spiro atoms. The van der Waals surface area contributed by atoms with Gasteiger partial charge in [-0.2, -0.15) is 8.78 Å². The van der Waals surface area contributed by atoms with Gasteiger partial charge in [0.1, 0.15) is 11.5 Å². The van der Waals surface area contributed by atoms with E-state index >= 15 is 0 Å². The van der Waals surface area contributed by atoms with Crippen LogP contribution >= 0.6 is 0 Å². The maximum absolute atomic E-state index is 12.2. The number of alkyl halides is 2. The highest BCUT2D eigenvalue weighted by molar-refractivity contribution is 7.84. The van der Waals surface area contributed by atoms with Gasteiger partial charge < -0.3 is 10.1 Å². The van der Waals surface area contributed by atoms with Gasteiger partial charge >= 0.3 is 6.61 Å². The van der Waals surface area contributed by atoms with E-state index in [-0.39, 0.29) is 23.2 Å². The van der Waals surface area contributed by atoms with Gasteiger partial charge in [-0.1, -0.05) is 30.3 Å². The van der Waals surface area contributed by atoms with Gasteiger partial charge in [0.05, 0.1) is 0 Å². The fourth-order valence-electron chi connectivity index (χ4n) is 1.91. The molecule has 0 bridgehead atoms. The summed E-state index contributed by atoms with van der Waals surface area (Å²) >= 11 is 0. The average molecular weight is 339 g/mol. The average Bonchev–Trinajstić information content (AvgIpc) is 2.47. The highest BCUT2D eigenvalue weighted by Gasteiger charge is 2.10. The zero-order valence-electron chi connectivity index (χ0n) is 12.1. The molecule has 1 N–H and O–H groups in total. The Morgan fingerprint density at radius 2 is 1.87 bits per heavy atom. The number of anilines is 1. The molecular weight excluding hydrogens is 324 g/mol. The monoisotopic (exact) mass is 339 g/mol. The molecule has 23 heavy (non-hydrogen) atoms. The molecule has 2 aromatic rings. The zero-order valence-corrected chi connectivity index (χ0v) is 12.9. The standard InChI is InChI=1S/C16H15F2NO3S/c17-16(18)22-14-8-4-5-12(9-14)10-23(21)11-15(20)19-13-6-2-1-3-7-13/h1-9,16H,10-11H2,(H,19,20)/t23-/m1/s1. The molecule has 0 saturated heterocycles. The molecule has 0 aliphatic rings. The number of ether oxygens (including phenoxy) is 1. The Kier molecular flexibility index (Phi) is 6.22. The van der Waals surface area contributed by atoms with Gasteiger partial charge in [0.25, 0.3) is 0 Å². The van der Waals surface area contributed by atoms with Crippen molar-refractivity contribution in [3.05, 3.63) is 60.2 Å². The van der Waals surface area contributed by atoms with Gasteiger partial charge in [0.2, 0.25) is 5.91 Å². The van der Waals surface area contributed by atoms with Crippen molar-refractivity contribution in [2.24, 2.45) is 0 Å². The molecule has 0 aliphatic carbocycles. The lowest BCUT2D eigenvalue weighted by molar-refractivity contribution is -0.113. The van der Waals surface area contributed by atoms with Crippen LogP contribution in [0, 0.1) is 0 Å². The lowest BCUT2D eigenvalue weighted by Gasteiger charge is -2.07. The minimum absolute atomic E-state index is 0.00300. The van der Waals surface area contributed by atoms with Crippen molar-refractivity contribution < 1.29 is 22.5 Å². The first-order chi connectivity index (χ1) is 11.0. The molecule has 0 unspecified atom stereocenters. The SMILES string of the molecule is O=C(C[S@](=O)Cc1cccc(OC(F)F)c1)Nc1ccccc1. The van der Waals surface area contributed by atoms with Crippen molar-refractivity contribution in [3.8, 4) is 5.75 Å². The van der Waals surface area contributed by atoms with Crippen molar-refractivity contribution in [1.82, 2.24) is 0 Å². The first-order valence-electron chi connectivity index (χ1n) is 6.76. The van der Waals surface area contributed by atoms with Gasteiger partial charge in [-0.15, -0.1) is 0 Å². The Hall–Kier alpha value is -2.28. The second kappa shape index (κ2) is 8.38. The number of rotatable bonds is 7. The van der Waals surface area contributed by atoms with Crippen LogP contribution in [0.2, 0.25) is 0 Å². The Morgan fingerprint density at radius 1 is 1.13 bits per heavy atom. The summed E-state index contributed by atoms with van der Waals surface area (Å²) in [5.74, 6) is -0.449. The molecule has 2 aromatic carbocycles. The third kappa shape index (κ3) is 6.15. The summed E-state index contributed by atoms with van der Waals surface area (Å²) in [4.78, 5) is 11.8. The number of nitrogens with one attached hydrogen (secondary N) is 1. The summed E-state index contributed by atoms with van der Waals surface area (Å²) < 4.78 is 40.6. The van der Waals surface area contributed by atoms with E-state index in [4.69, 9.17) is 0 Å². The maximum Gasteiger partial charge on any atom is 0.387 e. The van der Waals surface area contributed by atoms with Crippen LogP contribution in [0.4, 0.5) is 14.5 Å². The molecule has 4 nitrogen and oxygen atoms in total. The fourth-order valence-corrected chi connectivity index (χ4v) is 2.93. The Bertz CT molecular complexity index is 680. The third-order valence-corrected chi connectivity index (χ3v) is 4.04. The summed E-state index contributed by atoms with van der Waals surface area (Å²) in [7, 11) is -1.45. The van der Waals surface area contributed by atoms with Gasteiger partial charge in [0.15, 0.2) is 0 Å². The second-order valence-corrected chi connectivity index (χ2v) is 6.13. The largest absolute Gasteiger partial charge is 0.435 e. The maximum atomic E-state index is 12.2. The van der Waals surface area contributed by atoms with Crippen LogP contribution < -0.4 is 10.1 Å². The minimum Gasteiger partial charge on any atom is -0.435 e. The molecule has 122 valence electrons. The lowest BCUT2D eigenvalue weighted by Crippen LogP contribution is -2.20. The predicted molar refractivity (Wildman–Crippen MR) is 84.9 cm³/mol. The molecule has 0 radical (unpaired) electrons. The molecule has 0 saturated carbocycles. The number of amides is 1. The van der Waals surface area contributed by atoms with Crippen molar-refractivity contribution in [1.29, 1.82) is 0 Å². The topological polar surface area (TPSA) is 55.4 Å². The van der Waals surface area contributed by atoms with Gasteiger partial charge in [-0.05, 0) is 29.8 Å². The van der Waals surface area contributed by atoms with Crippen LogP contribution in [0.1, 0.15) is 5.56 Å². The highest BCUT2D eigenvalue weighted by Crippen LogP contribution is 2.17. The van der Waals surface area contributed by atoms with Crippen LogP contribution in [0.3, 0.4) is 0 Å². The molecule has 7 heteroatoms. The third-order valence-electron chi connectivity index (χ3n) is 2.80. The van der Waals surface area contributed by atoms with E-state index in [0.717, 1.165) is 0 Å². The van der Waals surface area contributed by atoms with Crippen molar-refractivity contribution in [2.45, 2.75) is 12.4 Å². The normalized spacial score (nSPS) is 12.0. The molecule has 1 atom stereocenters. The van der Waals surface area contributed by atoms with E-state index < -0.39 is 17.4 Å². The van der Waals surface area contributed by atoms with Gasteiger partial charge in [-0.3, -0.25) is 9.00 Å². The van der Waals surface area contributed by atoms with Crippen LogP contribution in [-0.4, -0.2) is 22.5 Å². The smallest absolute Gasteiger partial charge is 0.387 e. The van der Waals surface area contributed by atoms with Crippen molar-refractivity contribution >= 4 is 22.4 Å². The quantitative estimate of drug-likeness (QED) is 0.843. The van der Waals surface area contributed by atoms with Crippen LogP contribution in [0.5, 0.6) is 5.75 Å². The molecule has 2 rings (SSSR count). The van der Waals surface area contributed by atoms with E-state index in [1.165, 1.54) is 18.2 Å². The number of hydrogen-bond acceptors (Lipinski definition) is 3. The molecule has 1 amide bonds. The van der Waals surface area contributed by atoms with Crippen LogP contribution in [0.25, 0.3) is 0 Å². The summed E-state index contributed by atoms with van der Waals surface area (Å²) in [6.07, 6.45) is 0. The fraction of sp³-hybridized carbons (Fsp3) is 0.188. The number of carbonyl (C=O) groups excluding carboxylic acids is 1. The number of benzene rings is 2. The van der Waals surface area contributed by atoms with E-state index in [9.17, 15) is 17.8 Å². The van der Waals surface area contributed by atoms with E-state index in [1.807, 2.05) is 6.07 Å². The molecule has 0 fully saturated rings. The highest BCUT2D eigenvalue weighted by atomic mass is 32.2. The van der Waals surface area contributed by atoms with Crippen molar-refractivity contribution in [2.75, 3.05) is 11.1 Å². The Balaban J connectivity index is 1.88. The van der Waals surface area contributed by atoms with Gasteiger partial charge in [-0.25, -0.2) is 0 Å². The van der Waals surface area contributed by atoms with Gasteiger partial charge in [0, 0.05) is 22.2 Å². The minimum atomic E-state index is -2.91. The number of para-hydroxylation sites is 1. The molecule has 0 heterocycles. The van der Waals surface area contributed by atoms with E-state index in [2.05, 4.69) is 10.1 Å². The summed E-state index contributed by atoms with van der Waals surface area (Å²) in [5.41, 5.74) is 1.19. The molecule has 0 aliphatic heterocycles. The van der Waals surface area contributed by atoms with E-state index in [1.54, 1.807) is 30.3 Å².